The third-order valence-electron chi connectivity index (χ3n) is 9.32. The minimum Gasteiger partial charge on any atom is -0.466 e. The normalized spacial score (nSPS) is 14.7. The first-order valence-electron chi connectivity index (χ1n) is 21.5. The number of carbonyl (C=O) groups excluding carboxylic acids is 2. The Bertz CT molecular complexity index is 1470. The van der Waals surface area contributed by atoms with Gasteiger partial charge in [0, 0.05) is 25.7 Å². The lowest BCUT2D eigenvalue weighted by Crippen LogP contribution is -2.37. The van der Waals surface area contributed by atoms with Gasteiger partial charge in [0.15, 0.2) is 6.10 Å². The molecule has 11 nitrogen and oxygen atoms in total. The molecule has 1 aromatic heterocycles. The first-order chi connectivity index (χ1) is 27.7. The quantitative estimate of drug-likeness (QED) is 0.0172. The summed E-state index contributed by atoms with van der Waals surface area (Å²) >= 11 is 0. The minimum absolute atomic E-state index is 0.00146. The van der Waals surface area contributed by atoms with Gasteiger partial charge in [0.05, 0.1) is 33.9 Å². The SMILES string of the molecule is CC/C=C\C/C=C\CC(O)/C=C/C=C\C/C=C\CCCC(=O)O[C@H](COC(=O)CCCCCCCCc1oc(CCC)c(C)c1C)COP(=O)(O)OCC[N+](C)(C)C. The van der Waals surface area contributed by atoms with Gasteiger partial charge in [-0.25, -0.2) is 4.57 Å². The van der Waals surface area contributed by atoms with Gasteiger partial charge in [-0.1, -0.05) is 100 Å². The molecule has 0 aliphatic rings. The first-order valence-corrected chi connectivity index (χ1v) is 23.0. The van der Waals surface area contributed by atoms with Crippen LogP contribution in [0.2, 0.25) is 0 Å². The monoisotopic (exact) mass is 835 g/mol. The highest BCUT2D eigenvalue weighted by Crippen LogP contribution is 2.43. The van der Waals surface area contributed by atoms with Gasteiger partial charge < -0.3 is 28.4 Å². The number of aryl methyl sites for hydroxylation is 2. The number of allylic oxidation sites excluding steroid dienone is 8. The Hall–Kier alpha value is -3.05. The summed E-state index contributed by atoms with van der Waals surface area (Å²) in [5.74, 6) is 1.28. The summed E-state index contributed by atoms with van der Waals surface area (Å²) < 4.78 is 40.3. The minimum atomic E-state index is -4.42. The van der Waals surface area contributed by atoms with Gasteiger partial charge in [-0.05, 0) is 82.8 Å². The molecule has 3 atom stereocenters. The Labute approximate surface area is 350 Å². The Kier molecular flexibility index (Phi) is 29.1. The van der Waals surface area contributed by atoms with Crippen LogP contribution >= 0.6 is 7.82 Å². The summed E-state index contributed by atoms with van der Waals surface area (Å²) in [6, 6.07) is 0. The molecule has 1 rings (SSSR count). The lowest BCUT2D eigenvalue weighted by Gasteiger charge is -2.24. The van der Waals surface area contributed by atoms with Gasteiger partial charge in [0.1, 0.15) is 31.3 Å². The number of nitrogens with zero attached hydrogens (tertiary/aromatic N) is 1. The number of aliphatic hydroxyl groups is 1. The van der Waals surface area contributed by atoms with Crippen molar-refractivity contribution in [3.63, 3.8) is 0 Å². The van der Waals surface area contributed by atoms with Crippen molar-refractivity contribution in [1.82, 2.24) is 0 Å². The van der Waals surface area contributed by atoms with Crippen LogP contribution in [0.1, 0.15) is 133 Å². The maximum Gasteiger partial charge on any atom is 0.472 e. The number of unbranched alkanes of at least 4 members (excludes halogenated alkanes) is 6. The summed E-state index contributed by atoms with van der Waals surface area (Å²) in [7, 11) is 1.36. The molecule has 0 fully saturated rings. The van der Waals surface area contributed by atoms with E-state index in [9.17, 15) is 24.2 Å². The first kappa shape index (κ1) is 53.0. The molecule has 0 saturated heterocycles. The van der Waals surface area contributed by atoms with Crippen molar-refractivity contribution in [2.24, 2.45) is 0 Å². The van der Waals surface area contributed by atoms with Crippen LogP contribution in [0.15, 0.2) is 65.2 Å². The highest BCUT2D eigenvalue weighted by Gasteiger charge is 2.27. The third kappa shape index (κ3) is 28.4. The number of furan rings is 1. The number of phosphoric ester groups is 1. The van der Waals surface area contributed by atoms with Crippen LogP contribution in [0.5, 0.6) is 0 Å². The molecule has 330 valence electrons. The summed E-state index contributed by atoms with van der Waals surface area (Å²) in [6.45, 7) is 8.28. The Balaban J connectivity index is 2.45. The molecule has 2 unspecified atom stereocenters. The van der Waals surface area contributed by atoms with Crippen molar-refractivity contribution in [3.05, 3.63) is 83.4 Å². The number of aliphatic hydroxyl groups excluding tert-OH is 1. The second kappa shape index (κ2) is 31.8. The number of ether oxygens (including phenoxy) is 2. The highest BCUT2D eigenvalue weighted by molar-refractivity contribution is 7.47. The topological polar surface area (TPSA) is 142 Å². The maximum atomic E-state index is 12.7. The predicted octanol–water partition coefficient (Wildman–Crippen LogP) is 10.3. The lowest BCUT2D eigenvalue weighted by molar-refractivity contribution is -0.870. The van der Waals surface area contributed by atoms with E-state index in [2.05, 4.69) is 39.8 Å². The summed E-state index contributed by atoms with van der Waals surface area (Å²) in [5, 5.41) is 10.0. The molecule has 1 aromatic rings. The van der Waals surface area contributed by atoms with Crippen molar-refractivity contribution in [2.45, 2.75) is 149 Å². The largest absolute Gasteiger partial charge is 0.472 e. The van der Waals surface area contributed by atoms with Crippen molar-refractivity contribution < 1.29 is 51.6 Å². The molecule has 12 heteroatoms. The average Bonchev–Trinajstić information content (AvgIpc) is 3.43. The fourth-order valence-electron chi connectivity index (χ4n) is 5.71. The number of likely N-dealkylation sites (N-methyl/N-ethyl adjacent to an activating group) is 1. The lowest BCUT2D eigenvalue weighted by atomic mass is 10.0. The molecular formula is C46H77NO10P+. The molecule has 0 spiro atoms. The summed E-state index contributed by atoms with van der Waals surface area (Å²) in [5.41, 5.74) is 2.56. The van der Waals surface area contributed by atoms with E-state index < -0.39 is 38.6 Å². The molecule has 0 bridgehead atoms. The average molecular weight is 835 g/mol. The zero-order chi connectivity index (χ0) is 43.1. The molecule has 0 radical (unpaired) electrons. The smallest absolute Gasteiger partial charge is 0.466 e. The molecule has 1 heterocycles. The van der Waals surface area contributed by atoms with Crippen LogP contribution in [0.4, 0.5) is 0 Å². The van der Waals surface area contributed by atoms with E-state index in [4.69, 9.17) is 22.9 Å². The van der Waals surface area contributed by atoms with Crippen LogP contribution in [0.25, 0.3) is 0 Å². The zero-order valence-electron chi connectivity index (χ0n) is 36.8. The van der Waals surface area contributed by atoms with Gasteiger partial charge in [-0.3, -0.25) is 18.6 Å². The Morgan fingerprint density at radius 3 is 2.10 bits per heavy atom. The number of rotatable bonds is 34. The molecule has 0 aliphatic carbocycles. The van der Waals surface area contributed by atoms with Gasteiger partial charge >= 0.3 is 19.8 Å². The number of quaternary nitrogens is 1. The van der Waals surface area contributed by atoms with Gasteiger partial charge in [0.2, 0.25) is 0 Å². The van der Waals surface area contributed by atoms with E-state index >= 15 is 0 Å². The zero-order valence-corrected chi connectivity index (χ0v) is 37.7. The number of carbonyl (C=O) groups is 2. The summed E-state index contributed by atoms with van der Waals surface area (Å²) in [6.07, 6.45) is 31.7. The molecule has 0 saturated carbocycles. The maximum absolute atomic E-state index is 12.7. The molecule has 0 aliphatic heterocycles. The van der Waals surface area contributed by atoms with Crippen molar-refractivity contribution in [2.75, 3.05) is 47.5 Å². The van der Waals surface area contributed by atoms with E-state index in [-0.39, 0.29) is 26.1 Å². The van der Waals surface area contributed by atoms with Crippen LogP contribution in [0, 0.1) is 13.8 Å². The van der Waals surface area contributed by atoms with E-state index in [1.807, 2.05) is 63.7 Å². The fourth-order valence-corrected chi connectivity index (χ4v) is 6.45. The van der Waals surface area contributed by atoms with Crippen LogP contribution in [-0.2, 0) is 45.5 Å². The highest BCUT2D eigenvalue weighted by atomic mass is 31.2. The Morgan fingerprint density at radius 2 is 1.40 bits per heavy atom. The van der Waals surface area contributed by atoms with E-state index in [1.165, 1.54) is 11.1 Å². The van der Waals surface area contributed by atoms with Crippen LogP contribution < -0.4 is 0 Å². The van der Waals surface area contributed by atoms with E-state index in [0.29, 0.717) is 43.1 Å². The van der Waals surface area contributed by atoms with Crippen molar-refractivity contribution >= 4 is 19.8 Å². The number of hydrogen-bond donors (Lipinski definition) is 2. The second-order valence-electron chi connectivity index (χ2n) is 15.8. The van der Waals surface area contributed by atoms with Crippen molar-refractivity contribution in [3.8, 4) is 0 Å². The van der Waals surface area contributed by atoms with E-state index in [0.717, 1.165) is 75.7 Å². The summed E-state index contributed by atoms with van der Waals surface area (Å²) in [4.78, 5) is 35.4. The standard InChI is InChI=1S/C46H76NO10P/c1-8-10-11-12-19-24-30-41(48)31-25-20-15-13-14-16-23-28-34-46(50)56-42(38-55-58(51,52)54-36-35-47(5,6)7)37-53-45(49)33-27-22-18-17-21-26-32-44-40(4)39(3)43(57-44)29-9-2/h10-11,14-16,19-20,24-25,31,41-42,48H,8-9,12-13,17-18,21-23,26-30,32-38H2,1-7H3/p+1/b11-10-,16-14-,20-15-,24-19-,31-25+/t41?,42-/m1/s1. The molecule has 0 amide bonds. The molecule has 58 heavy (non-hydrogen) atoms. The molecular weight excluding hydrogens is 757 g/mol. The number of hydrogen-bond acceptors (Lipinski definition) is 9. The van der Waals surface area contributed by atoms with Gasteiger partial charge in [-0.2, -0.15) is 0 Å². The third-order valence-corrected chi connectivity index (χ3v) is 10.3. The molecule has 2 N–H and O–H groups in total. The number of phosphoric acid groups is 1. The van der Waals surface area contributed by atoms with Gasteiger partial charge in [0.25, 0.3) is 0 Å². The molecule has 0 aromatic carbocycles. The Morgan fingerprint density at radius 1 is 0.759 bits per heavy atom. The van der Waals surface area contributed by atoms with Gasteiger partial charge in [-0.15, -0.1) is 0 Å². The number of esters is 2. The second-order valence-corrected chi connectivity index (χ2v) is 17.2. The fraction of sp³-hybridized carbons (Fsp3) is 0.652. The van der Waals surface area contributed by atoms with Crippen LogP contribution in [-0.4, -0.2) is 86.1 Å². The van der Waals surface area contributed by atoms with E-state index in [1.54, 1.807) is 6.08 Å². The van der Waals surface area contributed by atoms with Crippen molar-refractivity contribution in [1.29, 1.82) is 0 Å². The van der Waals surface area contributed by atoms with Crippen LogP contribution in [0.3, 0.4) is 0 Å². The predicted molar refractivity (Wildman–Crippen MR) is 233 cm³/mol.